The fourth-order valence-electron chi connectivity index (χ4n) is 1.23. The predicted molar refractivity (Wildman–Crippen MR) is 62.9 cm³/mol. The summed E-state index contributed by atoms with van der Waals surface area (Å²) in [6.07, 6.45) is 2.44. The molecule has 1 aromatic carbocycles. The Morgan fingerprint density at radius 3 is 2.62 bits per heavy atom. The lowest BCUT2D eigenvalue weighted by Crippen LogP contribution is -1.96. The Labute approximate surface area is 95.7 Å². The van der Waals surface area contributed by atoms with Gasteiger partial charge in [0.25, 0.3) is 0 Å². The normalized spacial score (nSPS) is 9.00. The molecule has 0 aliphatic heterocycles. The van der Waals surface area contributed by atoms with Gasteiger partial charge in [0, 0.05) is 31.2 Å². The summed E-state index contributed by atoms with van der Waals surface area (Å²) in [5.74, 6) is 6.04. The summed E-state index contributed by atoms with van der Waals surface area (Å²) in [5, 5.41) is 0. The number of rotatable bonds is 5. The lowest BCUT2D eigenvalue weighted by molar-refractivity contribution is -0.120. The maximum atomic E-state index is 11.2. The molecule has 2 heteroatoms. The van der Waals surface area contributed by atoms with E-state index < -0.39 is 0 Å². The molecule has 82 valence electrons. The molecular weight excluding hydrogens is 200 g/mol. The SMILES string of the molecule is O=CCCC(=O)CCC#Cc1ccccc1. The fourth-order valence-corrected chi connectivity index (χ4v) is 1.23. The monoisotopic (exact) mass is 214 g/mol. The second-order valence-electron chi connectivity index (χ2n) is 3.41. The number of aldehydes is 1. The zero-order valence-corrected chi connectivity index (χ0v) is 9.11. The van der Waals surface area contributed by atoms with Crippen LogP contribution >= 0.6 is 0 Å². The first-order chi connectivity index (χ1) is 7.83. The summed E-state index contributed by atoms with van der Waals surface area (Å²) < 4.78 is 0. The van der Waals surface area contributed by atoms with Crippen LogP contribution in [0.1, 0.15) is 31.2 Å². The number of hydrogen-bond acceptors (Lipinski definition) is 2. The van der Waals surface area contributed by atoms with Crippen LogP contribution < -0.4 is 0 Å². The molecule has 0 unspecified atom stereocenters. The summed E-state index contributed by atoms with van der Waals surface area (Å²) in [7, 11) is 0. The van der Waals surface area contributed by atoms with Gasteiger partial charge in [-0.3, -0.25) is 4.79 Å². The van der Waals surface area contributed by atoms with Crippen molar-refractivity contribution in [2.24, 2.45) is 0 Å². The third-order valence-electron chi connectivity index (χ3n) is 2.08. The van der Waals surface area contributed by atoms with Crippen molar-refractivity contribution in [2.45, 2.75) is 25.7 Å². The van der Waals surface area contributed by atoms with Crippen molar-refractivity contribution in [2.75, 3.05) is 0 Å². The van der Waals surface area contributed by atoms with Gasteiger partial charge in [-0.1, -0.05) is 30.0 Å². The molecule has 0 saturated heterocycles. The molecule has 2 nitrogen and oxygen atoms in total. The molecule has 0 atom stereocenters. The average molecular weight is 214 g/mol. The number of carbonyl (C=O) groups excluding carboxylic acids is 2. The van der Waals surface area contributed by atoms with Crippen LogP contribution in [0.4, 0.5) is 0 Å². The first-order valence-corrected chi connectivity index (χ1v) is 5.32. The Hall–Kier alpha value is -1.88. The van der Waals surface area contributed by atoms with Gasteiger partial charge >= 0.3 is 0 Å². The van der Waals surface area contributed by atoms with Crippen molar-refractivity contribution in [3.63, 3.8) is 0 Å². The zero-order valence-electron chi connectivity index (χ0n) is 9.11. The maximum absolute atomic E-state index is 11.2. The van der Waals surface area contributed by atoms with Crippen LogP contribution in [0.5, 0.6) is 0 Å². The molecule has 16 heavy (non-hydrogen) atoms. The van der Waals surface area contributed by atoms with Crippen LogP contribution in [-0.2, 0) is 9.59 Å². The van der Waals surface area contributed by atoms with E-state index in [4.69, 9.17) is 0 Å². The fraction of sp³-hybridized carbons (Fsp3) is 0.286. The van der Waals surface area contributed by atoms with Crippen molar-refractivity contribution in [1.29, 1.82) is 0 Å². The second kappa shape index (κ2) is 7.42. The zero-order chi connectivity index (χ0) is 11.6. The molecule has 0 spiro atoms. The highest BCUT2D eigenvalue weighted by Crippen LogP contribution is 1.98. The summed E-state index contributed by atoms with van der Waals surface area (Å²) in [6.45, 7) is 0. The number of carbonyl (C=O) groups is 2. The number of Topliss-reactive ketones (excluding diaryl/α,β-unsaturated/α-hetero) is 1. The van der Waals surface area contributed by atoms with Crippen LogP contribution in [0, 0.1) is 11.8 Å². The summed E-state index contributed by atoms with van der Waals surface area (Å²) >= 11 is 0. The largest absolute Gasteiger partial charge is 0.303 e. The highest BCUT2D eigenvalue weighted by atomic mass is 16.1. The van der Waals surface area contributed by atoms with Gasteiger partial charge in [-0.25, -0.2) is 0 Å². The Kier molecular flexibility index (Phi) is 5.65. The smallest absolute Gasteiger partial charge is 0.134 e. The average Bonchev–Trinajstić information content (AvgIpc) is 2.33. The van der Waals surface area contributed by atoms with Gasteiger partial charge in [0.1, 0.15) is 12.1 Å². The minimum atomic E-state index is 0.106. The molecule has 0 amide bonds. The van der Waals surface area contributed by atoms with Crippen LogP contribution in [0.3, 0.4) is 0 Å². The quantitative estimate of drug-likeness (QED) is 0.557. The standard InChI is InChI=1S/C14H14O2/c15-12-6-11-14(16)10-5-4-9-13-7-2-1-3-8-13/h1-3,7-8,12H,5-6,10-11H2. The number of ketones is 1. The van der Waals surface area contributed by atoms with E-state index in [1.54, 1.807) is 0 Å². The molecule has 0 heterocycles. The van der Waals surface area contributed by atoms with Crippen molar-refractivity contribution in [3.05, 3.63) is 35.9 Å². The van der Waals surface area contributed by atoms with E-state index in [-0.39, 0.29) is 5.78 Å². The van der Waals surface area contributed by atoms with Crippen LogP contribution in [0.25, 0.3) is 0 Å². The molecule has 0 saturated carbocycles. The van der Waals surface area contributed by atoms with E-state index in [0.29, 0.717) is 25.7 Å². The molecule has 1 rings (SSSR count). The van der Waals surface area contributed by atoms with Crippen LogP contribution in [0.2, 0.25) is 0 Å². The van der Waals surface area contributed by atoms with Gasteiger partial charge in [0.2, 0.25) is 0 Å². The maximum Gasteiger partial charge on any atom is 0.134 e. The van der Waals surface area contributed by atoms with Crippen LogP contribution in [-0.4, -0.2) is 12.1 Å². The van der Waals surface area contributed by atoms with Crippen molar-refractivity contribution in [1.82, 2.24) is 0 Å². The molecule has 0 aromatic heterocycles. The topological polar surface area (TPSA) is 34.1 Å². The highest BCUT2D eigenvalue weighted by Gasteiger charge is 1.98. The first kappa shape index (κ1) is 12.2. The van der Waals surface area contributed by atoms with Gasteiger partial charge in [0.15, 0.2) is 0 Å². The molecule has 1 aromatic rings. The van der Waals surface area contributed by atoms with Crippen molar-refractivity contribution >= 4 is 12.1 Å². The molecule has 0 aliphatic carbocycles. The summed E-state index contributed by atoms with van der Waals surface area (Å²) in [6, 6.07) is 9.66. The minimum Gasteiger partial charge on any atom is -0.303 e. The van der Waals surface area contributed by atoms with Gasteiger partial charge in [-0.05, 0) is 12.1 Å². The summed E-state index contributed by atoms with van der Waals surface area (Å²) in [4.78, 5) is 21.2. The lowest BCUT2D eigenvalue weighted by Gasteiger charge is -1.92. The van der Waals surface area contributed by atoms with E-state index in [2.05, 4.69) is 11.8 Å². The molecule has 0 fully saturated rings. The molecule has 0 aliphatic rings. The third-order valence-corrected chi connectivity index (χ3v) is 2.08. The number of hydrogen-bond donors (Lipinski definition) is 0. The van der Waals surface area contributed by atoms with Crippen LogP contribution in [0.15, 0.2) is 30.3 Å². The third kappa shape index (κ3) is 5.11. The lowest BCUT2D eigenvalue weighted by atomic mass is 10.1. The van der Waals surface area contributed by atoms with Gasteiger partial charge < -0.3 is 4.79 Å². The van der Waals surface area contributed by atoms with E-state index in [0.717, 1.165) is 11.8 Å². The van der Waals surface area contributed by atoms with Gasteiger partial charge in [-0.15, -0.1) is 0 Å². The Morgan fingerprint density at radius 2 is 1.94 bits per heavy atom. The van der Waals surface area contributed by atoms with Gasteiger partial charge in [0.05, 0.1) is 0 Å². The predicted octanol–water partition coefficient (Wildman–Crippen LogP) is 2.37. The highest BCUT2D eigenvalue weighted by molar-refractivity contribution is 5.80. The molecule has 0 N–H and O–H groups in total. The van der Waals surface area contributed by atoms with Gasteiger partial charge in [-0.2, -0.15) is 0 Å². The Bertz CT molecular complexity index is 396. The number of benzene rings is 1. The van der Waals surface area contributed by atoms with E-state index in [1.807, 2.05) is 30.3 Å². The van der Waals surface area contributed by atoms with Crippen molar-refractivity contribution in [3.8, 4) is 11.8 Å². The Morgan fingerprint density at radius 1 is 1.19 bits per heavy atom. The van der Waals surface area contributed by atoms with E-state index in [1.165, 1.54) is 0 Å². The first-order valence-electron chi connectivity index (χ1n) is 5.32. The molecular formula is C14H14O2. The Balaban J connectivity index is 2.28. The second-order valence-corrected chi connectivity index (χ2v) is 3.41. The van der Waals surface area contributed by atoms with E-state index in [9.17, 15) is 9.59 Å². The molecule has 0 bridgehead atoms. The molecule has 0 radical (unpaired) electrons. The summed E-state index contributed by atoms with van der Waals surface area (Å²) in [5.41, 5.74) is 0.961. The minimum absolute atomic E-state index is 0.106. The van der Waals surface area contributed by atoms with Crippen molar-refractivity contribution < 1.29 is 9.59 Å². The van der Waals surface area contributed by atoms with E-state index >= 15 is 0 Å².